The Labute approximate surface area is 62.3 Å². The molecule has 1 aliphatic rings. The highest BCUT2D eigenvalue weighted by atomic mass is 16.5. The quantitative estimate of drug-likeness (QED) is 0.599. The Kier molecular flexibility index (Phi) is 1.88. The van der Waals surface area contributed by atoms with E-state index in [4.69, 9.17) is 4.74 Å². The predicted octanol–water partition coefficient (Wildman–Crippen LogP) is 1.64. The van der Waals surface area contributed by atoms with E-state index in [0.717, 1.165) is 12.8 Å². The fourth-order valence-corrected chi connectivity index (χ4v) is 0.968. The lowest BCUT2D eigenvalue weighted by atomic mass is 9.99. The maximum atomic E-state index is 5.44. The summed E-state index contributed by atoms with van der Waals surface area (Å²) in [6, 6.07) is 0. The van der Waals surface area contributed by atoms with Crippen LogP contribution in [0.3, 0.4) is 0 Å². The van der Waals surface area contributed by atoms with Crippen LogP contribution < -0.4 is 5.32 Å². The summed E-state index contributed by atoms with van der Waals surface area (Å²) in [6.07, 6.45) is 4.02. The van der Waals surface area contributed by atoms with Gasteiger partial charge in [-0.1, -0.05) is 0 Å². The van der Waals surface area contributed by atoms with Crippen molar-refractivity contribution in [2.24, 2.45) is 0 Å². The fourth-order valence-electron chi connectivity index (χ4n) is 0.968. The summed E-state index contributed by atoms with van der Waals surface area (Å²) in [5, 5.41) is 3.08. The van der Waals surface area contributed by atoms with E-state index in [2.05, 4.69) is 19.2 Å². The number of allylic oxidation sites excluding steroid dienone is 1. The largest absolute Gasteiger partial charge is 0.494 e. The van der Waals surface area contributed by atoms with Gasteiger partial charge in [-0.15, -0.1) is 0 Å². The molecule has 1 heterocycles. The standard InChI is InChI=1S/C8H15NO/c1-8(2)5-4-7(9-3)6-10-8/h6,9H,4-5H2,1-3H3. The van der Waals surface area contributed by atoms with Crippen LogP contribution in [0.2, 0.25) is 0 Å². The highest BCUT2D eigenvalue weighted by Gasteiger charge is 2.21. The molecule has 2 heteroatoms. The highest BCUT2D eigenvalue weighted by molar-refractivity contribution is 5.00. The molecule has 0 saturated heterocycles. The van der Waals surface area contributed by atoms with E-state index in [9.17, 15) is 0 Å². The summed E-state index contributed by atoms with van der Waals surface area (Å²) in [4.78, 5) is 0. The first-order valence-electron chi connectivity index (χ1n) is 3.69. The Hall–Kier alpha value is -0.660. The van der Waals surface area contributed by atoms with Gasteiger partial charge in [0.1, 0.15) is 11.9 Å². The summed E-state index contributed by atoms with van der Waals surface area (Å²) < 4.78 is 5.44. The fraction of sp³-hybridized carbons (Fsp3) is 0.750. The zero-order chi connectivity index (χ0) is 7.61. The van der Waals surface area contributed by atoms with E-state index in [-0.39, 0.29) is 5.60 Å². The molecule has 1 rings (SSSR count). The Morgan fingerprint density at radius 3 is 2.70 bits per heavy atom. The normalized spacial score (nSPS) is 22.9. The van der Waals surface area contributed by atoms with Crippen molar-refractivity contribution in [3.63, 3.8) is 0 Å². The molecular formula is C8H15NO. The van der Waals surface area contributed by atoms with Crippen molar-refractivity contribution >= 4 is 0 Å². The van der Waals surface area contributed by atoms with Crippen LogP contribution in [0, 0.1) is 0 Å². The number of hydrogen-bond donors (Lipinski definition) is 1. The van der Waals surface area contributed by atoms with Gasteiger partial charge in [0, 0.05) is 12.7 Å². The van der Waals surface area contributed by atoms with E-state index < -0.39 is 0 Å². The van der Waals surface area contributed by atoms with Gasteiger partial charge in [-0.2, -0.15) is 0 Å². The Balaban J connectivity index is 2.52. The lowest BCUT2D eigenvalue weighted by Gasteiger charge is -2.29. The lowest BCUT2D eigenvalue weighted by molar-refractivity contribution is 0.0344. The second kappa shape index (κ2) is 2.52. The van der Waals surface area contributed by atoms with E-state index in [1.807, 2.05) is 13.3 Å². The van der Waals surface area contributed by atoms with Crippen molar-refractivity contribution in [2.45, 2.75) is 32.3 Å². The summed E-state index contributed by atoms with van der Waals surface area (Å²) in [5.41, 5.74) is 1.24. The van der Waals surface area contributed by atoms with Crippen LogP contribution >= 0.6 is 0 Å². The molecule has 2 nitrogen and oxygen atoms in total. The Morgan fingerprint density at radius 1 is 1.60 bits per heavy atom. The highest BCUT2D eigenvalue weighted by Crippen LogP contribution is 2.24. The molecule has 0 aromatic heterocycles. The monoisotopic (exact) mass is 141 g/mol. The molecule has 0 atom stereocenters. The summed E-state index contributed by atoms with van der Waals surface area (Å²) in [7, 11) is 1.92. The number of ether oxygens (including phenoxy) is 1. The molecule has 0 aliphatic carbocycles. The molecule has 0 fully saturated rings. The first kappa shape index (κ1) is 7.45. The first-order chi connectivity index (χ1) is 4.64. The second-order valence-electron chi connectivity index (χ2n) is 3.27. The Bertz CT molecular complexity index is 149. The van der Waals surface area contributed by atoms with Gasteiger partial charge in [0.05, 0.1) is 0 Å². The number of hydrogen-bond acceptors (Lipinski definition) is 2. The van der Waals surface area contributed by atoms with Gasteiger partial charge in [-0.05, 0) is 26.7 Å². The topological polar surface area (TPSA) is 21.3 Å². The van der Waals surface area contributed by atoms with Crippen LogP contribution in [-0.2, 0) is 4.74 Å². The van der Waals surface area contributed by atoms with Crippen LogP contribution in [0.15, 0.2) is 12.0 Å². The van der Waals surface area contributed by atoms with Crippen LogP contribution in [0.1, 0.15) is 26.7 Å². The third-order valence-electron chi connectivity index (χ3n) is 1.84. The van der Waals surface area contributed by atoms with Gasteiger partial charge in [0.2, 0.25) is 0 Å². The second-order valence-corrected chi connectivity index (χ2v) is 3.27. The van der Waals surface area contributed by atoms with Crippen molar-refractivity contribution in [3.05, 3.63) is 12.0 Å². The van der Waals surface area contributed by atoms with Crippen LogP contribution in [0.4, 0.5) is 0 Å². The van der Waals surface area contributed by atoms with Gasteiger partial charge >= 0.3 is 0 Å². The molecule has 0 aromatic carbocycles. The zero-order valence-corrected chi connectivity index (χ0v) is 6.90. The van der Waals surface area contributed by atoms with Gasteiger partial charge in [-0.25, -0.2) is 0 Å². The summed E-state index contributed by atoms with van der Waals surface area (Å²) in [5.74, 6) is 0. The van der Waals surface area contributed by atoms with Crippen LogP contribution in [0.25, 0.3) is 0 Å². The van der Waals surface area contributed by atoms with E-state index >= 15 is 0 Å². The van der Waals surface area contributed by atoms with Gasteiger partial charge in [0.25, 0.3) is 0 Å². The minimum atomic E-state index is 0.0420. The molecule has 0 saturated carbocycles. The number of rotatable bonds is 1. The maximum Gasteiger partial charge on any atom is 0.103 e. The van der Waals surface area contributed by atoms with E-state index in [1.165, 1.54) is 5.70 Å². The minimum absolute atomic E-state index is 0.0420. The molecule has 1 N–H and O–H groups in total. The SMILES string of the molecule is CNC1=COC(C)(C)CC1. The van der Waals surface area contributed by atoms with Crippen molar-refractivity contribution in [2.75, 3.05) is 7.05 Å². The lowest BCUT2D eigenvalue weighted by Crippen LogP contribution is -2.27. The van der Waals surface area contributed by atoms with Crippen LogP contribution in [0.5, 0.6) is 0 Å². The average molecular weight is 141 g/mol. The van der Waals surface area contributed by atoms with Crippen molar-refractivity contribution in [1.29, 1.82) is 0 Å². The molecule has 0 bridgehead atoms. The summed E-state index contributed by atoms with van der Waals surface area (Å²) in [6.45, 7) is 4.21. The van der Waals surface area contributed by atoms with Gasteiger partial charge < -0.3 is 10.1 Å². The van der Waals surface area contributed by atoms with Crippen molar-refractivity contribution < 1.29 is 4.74 Å². The Morgan fingerprint density at radius 2 is 2.30 bits per heavy atom. The minimum Gasteiger partial charge on any atom is -0.494 e. The molecule has 0 unspecified atom stereocenters. The molecule has 0 amide bonds. The van der Waals surface area contributed by atoms with Crippen molar-refractivity contribution in [1.82, 2.24) is 5.32 Å². The molecule has 0 aromatic rings. The van der Waals surface area contributed by atoms with E-state index in [0.29, 0.717) is 0 Å². The molecule has 0 radical (unpaired) electrons. The predicted molar refractivity (Wildman–Crippen MR) is 41.5 cm³/mol. The maximum absolute atomic E-state index is 5.44. The van der Waals surface area contributed by atoms with Gasteiger partial charge in [-0.3, -0.25) is 0 Å². The average Bonchev–Trinajstić information content (AvgIpc) is 1.88. The van der Waals surface area contributed by atoms with E-state index in [1.54, 1.807) is 0 Å². The molecule has 58 valence electrons. The molecular weight excluding hydrogens is 126 g/mol. The first-order valence-corrected chi connectivity index (χ1v) is 3.69. The smallest absolute Gasteiger partial charge is 0.103 e. The molecule has 1 aliphatic heterocycles. The van der Waals surface area contributed by atoms with Crippen LogP contribution in [-0.4, -0.2) is 12.6 Å². The number of nitrogens with one attached hydrogen (secondary N) is 1. The molecule has 0 spiro atoms. The summed E-state index contributed by atoms with van der Waals surface area (Å²) >= 11 is 0. The third kappa shape index (κ3) is 1.66. The van der Waals surface area contributed by atoms with Gasteiger partial charge in [0.15, 0.2) is 0 Å². The zero-order valence-electron chi connectivity index (χ0n) is 6.90. The van der Waals surface area contributed by atoms with Crippen molar-refractivity contribution in [3.8, 4) is 0 Å². The third-order valence-corrected chi connectivity index (χ3v) is 1.84. The molecule has 10 heavy (non-hydrogen) atoms.